The summed E-state index contributed by atoms with van der Waals surface area (Å²) in [5, 5.41) is 3.16. The maximum absolute atomic E-state index is 11.1. The lowest BCUT2D eigenvalue weighted by Crippen LogP contribution is -2.18. The maximum atomic E-state index is 11.1. The monoisotopic (exact) mass is 223 g/mol. The van der Waals surface area contributed by atoms with Crippen LogP contribution in [-0.2, 0) is 9.53 Å². The summed E-state index contributed by atoms with van der Waals surface area (Å²) in [6.45, 7) is 4.23. The molecule has 0 amide bonds. The molecule has 1 aromatic rings. The third-order valence-corrected chi connectivity index (χ3v) is 2.04. The molecule has 5 nitrogen and oxygen atoms in total. The molecule has 0 aromatic carbocycles. The van der Waals surface area contributed by atoms with E-state index in [4.69, 9.17) is 4.74 Å². The Bertz CT molecular complexity index is 316. The summed E-state index contributed by atoms with van der Waals surface area (Å²) >= 11 is 0. The summed E-state index contributed by atoms with van der Waals surface area (Å²) in [7, 11) is 0. The van der Waals surface area contributed by atoms with Crippen molar-refractivity contribution >= 4 is 11.8 Å². The predicted molar refractivity (Wildman–Crippen MR) is 61.0 cm³/mol. The second-order valence-corrected chi connectivity index (χ2v) is 3.48. The van der Waals surface area contributed by atoms with Gasteiger partial charge in [0.15, 0.2) is 0 Å². The Kier molecular flexibility index (Phi) is 5.25. The molecular weight excluding hydrogens is 206 g/mol. The molecule has 0 bridgehead atoms. The molecule has 88 valence electrons. The van der Waals surface area contributed by atoms with Crippen LogP contribution in [0.5, 0.6) is 0 Å². The standard InChI is InChI=1S/C11H17N3O2/c1-3-16-11(15)5-4-9(2)14-10-8-12-6-7-13-10/h6-9H,3-5H2,1-2H3,(H,13,14). The minimum Gasteiger partial charge on any atom is -0.466 e. The number of hydrogen-bond acceptors (Lipinski definition) is 5. The minimum atomic E-state index is -0.157. The molecule has 1 unspecified atom stereocenters. The average molecular weight is 223 g/mol. The molecule has 0 aliphatic rings. The van der Waals surface area contributed by atoms with Crippen molar-refractivity contribution in [2.75, 3.05) is 11.9 Å². The lowest BCUT2D eigenvalue weighted by molar-refractivity contribution is -0.143. The lowest BCUT2D eigenvalue weighted by atomic mass is 10.2. The Labute approximate surface area is 95.3 Å². The topological polar surface area (TPSA) is 64.1 Å². The highest BCUT2D eigenvalue weighted by Crippen LogP contribution is 2.05. The molecule has 0 fully saturated rings. The largest absolute Gasteiger partial charge is 0.466 e. The fourth-order valence-electron chi connectivity index (χ4n) is 1.27. The van der Waals surface area contributed by atoms with E-state index in [1.807, 2.05) is 6.92 Å². The van der Waals surface area contributed by atoms with Crippen LogP contribution in [0, 0.1) is 0 Å². The zero-order valence-corrected chi connectivity index (χ0v) is 9.64. The molecule has 1 rings (SSSR count). The molecule has 0 aliphatic heterocycles. The molecule has 5 heteroatoms. The SMILES string of the molecule is CCOC(=O)CCC(C)Nc1cnccn1. The summed E-state index contributed by atoms with van der Waals surface area (Å²) in [4.78, 5) is 19.2. The van der Waals surface area contributed by atoms with E-state index in [2.05, 4.69) is 15.3 Å². The number of carbonyl (C=O) groups is 1. The van der Waals surface area contributed by atoms with Crippen molar-refractivity contribution in [3.8, 4) is 0 Å². The van der Waals surface area contributed by atoms with Gasteiger partial charge in [-0.3, -0.25) is 9.78 Å². The van der Waals surface area contributed by atoms with Gasteiger partial charge in [0.1, 0.15) is 5.82 Å². The van der Waals surface area contributed by atoms with Gasteiger partial charge in [0.2, 0.25) is 0 Å². The van der Waals surface area contributed by atoms with Crippen LogP contribution in [0.15, 0.2) is 18.6 Å². The number of carbonyl (C=O) groups excluding carboxylic acids is 1. The summed E-state index contributed by atoms with van der Waals surface area (Å²) < 4.78 is 4.85. The number of esters is 1. The van der Waals surface area contributed by atoms with E-state index in [0.29, 0.717) is 13.0 Å². The molecule has 0 spiro atoms. The van der Waals surface area contributed by atoms with E-state index in [0.717, 1.165) is 12.2 Å². The Balaban J connectivity index is 2.26. The smallest absolute Gasteiger partial charge is 0.305 e. The number of nitrogens with one attached hydrogen (secondary N) is 1. The molecule has 1 heterocycles. The van der Waals surface area contributed by atoms with Gasteiger partial charge >= 0.3 is 5.97 Å². The number of hydrogen-bond donors (Lipinski definition) is 1. The molecule has 0 saturated carbocycles. The van der Waals surface area contributed by atoms with Gasteiger partial charge < -0.3 is 10.1 Å². The van der Waals surface area contributed by atoms with Crippen LogP contribution in [-0.4, -0.2) is 28.6 Å². The van der Waals surface area contributed by atoms with Crippen molar-refractivity contribution in [2.24, 2.45) is 0 Å². The summed E-state index contributed by atoms with van der Waals surface area (Å²) in [6, 6.07) is 0.168. The first-order valence-electron chi connectivity index (χ1n) is 5.40. The van der Waals surface area contributed by atoms with Crippen LogP contribution >= 0.6 is 0 Å². The van der Waals surface area contributed by atoms with Gasteiger partial charge in [0, 0.05) is 24.9 Å². The Hall–Kier alpha value is -1.65. The number of nitrogens with zero attached hydrogens (tertiary/aromatic N) is 2. The number of ether oxygens (including phenoxy) is 1. The molecule has 0 radical (unpaired) electrons. The first-order valence-corrected chi connectivity index (χ1v) is 5.40. The molecule has 1 atom stereocenters. The van der Waals surface area contributed by atoms with Crippen molar-refractivity contribution in [3.63, 3.8) is 0 Å². The molecule has 0 saturated heterocycles. The zero-order valence-electron chi connectivity index (χ0n) is 9.64. The second-order valence-electron chi connectivity index (χ2n) is 3.48. The van der Waals surface area contributed by atoms with Crippen molar-refractivity contribution in [1.29, 1.82) is 0 Å². The van der Waals surface area contributed by atoms with E-state index >= 15 is 0 Å². The fraction of sp³-hybridized carbons (Fsp3) is 0.545. The maximum Gasteiger partial charge on any atom is 0.305 e. The zero-order chi connectivity index (χ0) is 11.8. The normalized spacial score (nSPS) is 11.9. The first-order chi connectivity index (χ1) is 7.72. The quantitative estimate of drug-likeness (QED) is 0.742. The van der Waals surface area contributed by atoms with Gasteiger partial charge in [0.05, 0.1) is 12.8 Å². The van der Waals surface area contributed by atoms with E-state index < -0.39 is 0 Å². The highest BCUT2D eigenvalue weighted by molar-refractivity contribution is 5.69. The van der Waals surface area contributed by atoms with Gasteiger partial charge in [0.25, 0.3) is 0 Å². The summed E-state index contributed by atoms with van der Waals surface area (Å²) in [5.74, 6) is 0.564. The van der Waals surface area contributed by atoms with E-state index in [1.54, 1.807) is 25.5 Å². The molecule has 1 N–H and O–H groups in total. The van der Waals surface area contributed by atoms with Gasteiger partial charge in [-0.2, -0.15) is 0 Å². The van der Waals surface area contributed by atoms with Crippen molar-refractivity contribution in [2.45, 2.75) is 32.7 Å². The molecule has 16 heavy (non-hydrogen) atoms. The Morgan fingerprint density at radius 3 is 3.00 bits per heavy atom. The van der Waals surface area contributed by atoms with Crippen LogP contribution in [0.4, 0.5) is 5.82 Å². The first kappa shape index (κ1) is 12.4. The summed E-state index contributed by atoms with van der Waals surface area (Å²) in [5.41, 5.74) is 0. The van der Waals surface area contributed by atoms with Gasteiger partial charge in [-0.15, -0.1) is 0 Å². The van der Waals surface area contributed by atoms with Crippen LogP contribution in [0.2, 0.25) is 0 Å². The third kappa shape index (κ3) is 4.72. The molecule has 0 aliphatic carbocycles. The second kappa shape index (κ2) is 6.76. The predicted octanol–water partition coefficient (Wildman–Crippen LogP) is 1.62. The van der Waals surface area contributed by atoms with E-state index in [9.17, 15) is 4.79 Å². The number of aromatic nitrogens is 2. The lowest BCUT2D eigenvalue weighted by Gasteiger charge is -2.13. The Morgan fingerprint density at radius 2 is 2.38 bits per heavy atom. The van der Waals surface area contributed by atoms with E-state index in [1.165, 1.54) is 0 Å². The fourth-order valence-corrected chi connectivity index (χ4v) is 1.27. The van der Waals surface area contributed by atoms with Crippen molar-refractivity contribution in [3.05, 3.63) is 18.6 Å². The van der Waals surface area contributed by atoms with Crippen molar-refractivity contribution < 1.29 is 9.53 Å². The molecular formula is C11H17N3O2. The highest BCUT2D eigenvalue weighted by atomic mass is 16.5. The van der Waals surface area contributed by atoms with Gasteiger partial charge in [-0.05, 0) is 20.3 Å². The number of rotatable bonds is 6. The van der Waals surface area contributed by atoms with Crippen LogP contribution in [0.25, 0.3) is 0 Å². The van der Waals surface area contributed by atoms with Crippen LogP contribution < -0.4 is 5.32 Å². The Morgan fingerprint density at radius 1 is 1.56 bits per heavy atom. The van der Waals surface area contributed by atoms with Crippen LogP contribution in [0.1, 0.15) is 26.7 Å². The highest BCUT2D eigenvalue weighted by Gasteiger charge is 2.07. The average Bonchev–Trinajstić information content (AvgIpc) is 2.28. The summed E-state index contributed by atoms with van der Waals surface area (Å²) in [6.07, 6.45) is 6.04. The molecule has 1 aromatic heterocycles. The van der Waals surface area contributed by atoms with Crippen LogP contribution in [0.3, 0.4) is 0 Å². The van der Waals surface area contributed by atoms with Gasteiger partial charge in [-0.25, -0.2) is 4.98 Å². The third-order valence-electron chi connectivity index (χ3n) is 2.04. The minimum absolute atomic E-state index is 0.157. The van der Waals surface area contributed by atoms with Crippen molar-refractivity contribution in [1.82, 2.24) is 9.97 Å². The number of anilines is 1. The van der Waals surface area contributed by atoms with E-state index in [-0.39, 0.29) is 12.0 Å². The van der Waals surface area contributed by atoms with Gasteiger partial charge in [-0.1, -0.05) is 0 Å².